The van der Waals surface area contributed by atoms with Gasteiger partial charge in [0.05, 0.1) is 13.1 Å². The molecule has 1 aliphatic carbocycles. The standard InChI is InChI=1S/C15H27N3O2/c1-14(2,3)20-13(19)18-10-9-16-12(11-18)17-15(4)7-5-6-8-15/h5-11H2,1-4H3,(H,16,17). The highest BCUT2D eigenvalue weighted by molar-refractivity contribution is 5.88. The lowest BCUT2D eigenvalue weighted by molar-refractivity contribution is 0.0275. The van der Waals surface area contributed by atoms with Crippen LogP contribution in [0.4, 0.5) is 4.79 Å². The fourth-order valence-corrected chi connectivity index (χ4v) is 2.81. The van der Waals surface area contributed by atoms with Gasteiger partial charge in [0.2, 0.25) is 0 Å². The first-order valence-electron chi connectivity index (χ1n) is 7.57. The van der Waals surface area contributed by atoms with Crippen molar-refractivity contribution in [2.24, 2.45) is 4.99 Å². The molecular formula is C15H27N3O2. The number of carbonyl (C=O) groups is 1. The quantitative estimate of drug-likeness (QED) is 0.803. The molecule has 1 amide bonds. The molecule has 1 heterocycles. The van der Waals surface area contributed by atoms with Gasteiger partial charge in [0.1, 0.15) is 11.4 Å². The van der Waals surface area contributed by atoms with Crippen molar-refractivity contribution in [3.05, 3.63) is 0 Å². The van der Waals surface area contributed by atoms with E-state index in [1.165, 1.54) is 25.7 Å². The number of nitrogens with one attached hydrogen (secondary N) is 1. The SMILES string of the molecule is CC1(NC2=NCCN(C(=O)OC(C)(C)C)C2)CCCC1. The Bertz CT molecular complexity index is 392. The maximum atomic E-state index is 12.1. The molecule has 1 fully saturated rings. The number of aliphatic imine (C=N–C) groups is 1. The lowest BCUT2D eigenvalue weighted by Gasteiger charge is -2.33. The van der Waals surface area contributed by atoms with Crippen molar-refractivity contribution in [2.75, 3.05) is 19.6 Å². The van der Waals surface area contributed by atoms with Crippen LogP contribution < -0.4 is 5.32 Å². The molecule has 0 saturated heterocycles. The van der Waals surface area contributed by atoms with Crippen LogP contribution in [0.25, 0.3) is 0 Å². The van der Waals surface area contributed by atoms with Gasteiger partial charge in [-0.15, -0.1) is 0 Å². The summed E-state index contributed by atoms with van der Waals surface area (Å²) in [5.41, 5.74) is -0.299. The Balaban J connectivity index is 1.91. The molecule has 0 aromatic carbocycles. The first-order chi connectivity index (χ1) is 9.27. The molecule has 0 bridgehead atoms. The summed E-state index contributed by atoms with van der Waals surface area (Å²) in [6.45, 7) is 9.74. The molecule has 2 aliphatic rings. The van der Waals surface area contributed by atoms with Gasteiger partial charge in [0.25, 0.3) is 0 Å². The molecular weight excluding hydrogens is 254 g/mol. The normalized spacial score (nSPS) is 22.4. The van der Waals surface area contributed by atoms with E-state index in [4.69, 9.17) is 4.74 Å². The second kappa shape index (κ2) is 5.62. The number of amides is 1. The zero-order valence-electron chi connectivity index (χ0n) is 13.2. The first kappa shape index (κ1) is 15.1. The Morgan fingerprint density at radius 1 is 1.35 bits per heavy atom. The number of hydrogen-bond acceptors (Lipinski definition) is 4. The third kappa shape index (κ3) is 4.12. The van der Waals surface area contributed by atoms with E-state index >= 15 is 0 Å². The molecule has 20 heavy (non-hydrogen) atoms. The molecule has 1 aliphatic heterocycles. The predicted molar refractivity (Wildman–Crippen MR) is 80.1 cm³/mol. The first-order valence-corrected chi connectivity index (χ1v) is 7.57. The molecule has 5 nitrogen and oxygen atoms in total. The average Bonchev–Trinajstić information content (AvgIpc) is 2.74. The second-order valence-electron chi connectivity index (χ2n) is 7.12. The van der Waals surface area contributed by atoms with Crippen molar-refractivity contribution >= 4 is 11.9 Å². The molecule has 0 unspecified atom stereocenters. The molecule has 0 radical (unpaired) electrons. The number of ether oxygens (including phenoxy) is 1. The lowest BCUT2D eigenvalue weighted by atomic mass is 10.0. The topological polar surface area (TPSA) is 53.9 Å². The molecule has 0 aromatic heterocycles. The number of nitrogens with zero attached hydrogens (tertiary/aromatic N) is 2. The van der Waals surface area contributed by atoms with Crippen LogP contribution >= 0.6 is 0 Å². The van der Waals surface area contributed by atoms with Crippen LogP contribution in [0.3, 0.4) is 0 Å². The Hall–Kier alpha value is -1.26. The van der Waals surface area contributed by atoms with Crippen LogP contribution in [0.1, 0.15) is 53.4 Å². The second-order valence-corrected chi connectivity index (χ2v) is 7.12. The van der Waals surface area contributed by atoms with Crippen LogP contribution in [0.5, 0.6) is 0 Å². The number of hydrogen-bond donors (Lipinski definition) is 1. The Morgan fingerprint density at radius 2 is 2.00 bits per heavy atom. The number of rotatable bonds is 1. The fraction of sp³-hybridized carbons (Fsp3) is 0.867. The highest BCUT2D eigenvalue weighted by Crippen LogP contribution is 2.29. The average molecular weight is 281 g/mol. The number of amidine groups is 1. The van der Waals surface area contributed by atoms with Crippen LogP contribution in [0.2, 0.25) is 0 Å². The summed E-state index contributed by atoms with van der Waals surface area (Å²) in [6, 6.07) is 0. The van der Waals surface area contributed by atoms with Crippen molar-refractivity contribution in [3.8, 4) is 0 Å². The van der Waals surface area contributed by atoms with E-state index in [0.29, 0.717) is 19.6 Å². The van der Waals surface area contributed by atoms with Crippen molar-refractivity contribution in [1.29, 1.82) is 0 Å². The summed E-state index contributed by atoms with van der Waals surface area (Å²) in [4.78, 5) is 18.4. The fourth-order valence-electron chi connectivity index (χ4n) is 2.81. The van der Waals surface area contributed by atoms with Gasteiger partial charge in [0, 0.05) is 12.1 Å². The van der Waals surface area contributed by atoms with E-state index in [1.54, 1.807) is 4.90 Å². The minimum absolute atomic E-state index is 0.149. The highest BCUT2D eigenvalue weighted by Gasteiger charge is 2.31. The monoisotopic (exact) mass is 281 g/mol. The van der Waals surface area contributed by atoms with Gasteiger partial charge >= 0.3 is 6.09 Å². The Kier molecular flexibility index (Phi) is 4.25. The highest BCUT2D eigenvalue weighted by atomic mass is 16.6. The van der Waals surface area contributed by atoms with Gasteiger partial charge in [-0.3, -0.25) is 9.89 Å². The number of carbonyl (C=O) groups excluding carboxylic acids is 1. The van der Waals surface area contributed by atoms with E-state index in [0.717, 1.165) is 5.84 Å². The third-order valence-corrected chi connectivity index (χ3v) is 3.82. The summed E-state index contributed by atoms with van der Waals surface area (Å²) in [5.74, 6) is 0.923. The van der Waals surface area contributed by atoms with Crippen LogP contribution in [-0.2, 0) is 4.74 Å². The van der Waals surface area contributed by atoms with Gasteiger partial charge in [-0.05, 0) is 40.5 Å². The molecule has 0 spiro atoms. The molecule has 2 rings (SSSR count). The van der Waals surface area contributed by atoms with E-state index in [2.05, 4.69) is 17.2 Å². The molecule has 1 saturated carbocycles. The lowest BCUT2D eigenvalue weighted by Crippen LogP contribution is -2.52. The minimum atomic E-state index is -0.448. The van der Waals surface area contributed by atoms with Gasteiger partial charge < -0.3 is 10.1 Å². The van der Waals surface area contributed by atoms with E-state index < -0.39 is 5.60 Å². The third-order valence-electron chi connectivity index (χ3n) is 3.82. The molecule has 0 aromatic rings. The summed E-state index contributed by atoms with van der Waals surface area (Å²) < 4.78 is 5.42. The molecule has 5 heteroatoms. The van der Waals surface area contributed by atoms with E-state index in [1.807, 2.05) is 20.8 Å². The molecule has 0 atom stereocenters. The Morgan fingerprint density at radius 3 is 2.60 bits per heavy atom. The Labute approximate surface area is 121 Å². The van der Waals surface area contributed by atoms with Gasteiger partial charge in [0.15, 0.2) is 0 Å². The van der Waals surface area contributed by atoms with Crippen molar-refractivity contribution in [2.45, 2.75) is 64.5 Å². The van der Waals surface area contributed by atoms with Gasteiger partial charge in [-0.1, -0.05) is 12.8 Å². The van der Waals surface area contributed by atoms with Crippen LogP contribution in [0, 0.1) is 0 Å². The summed E-state index contributed by atoms with van der Waals surface area (Å²) in [5, 5.41) is 3.54. The smallest absolute Gasteiger partial charge is 0.410 e. The summed E-state index contributed by atoms with van der Waals surface area (Å²) >= 11 is 0. The molecule has 114 valence electrons. The summed E-state index contributed by atoms with van der Waals surface area (Å²) in [6.07, 6.45) is 4.65. The van der Waals surface area contributed by atoms with Gasteiger partial charge in [-0.2, -0.15) is 0 Å². The van der Waals surface area contributed by atoms with Crippen molar-refractivity contribution < 1.29 is 9.53 Å². The summed E-state index contributed by atoms with van der Waals surface area (Å²) in [7, 11) is 0. The largest absolute Gasteiger partial charge is 0.444 e. The zero-order chi connectivity index (χ0) is 14.8. The van der Waals surface area contributed by atoms with Crippen molar-refractivity contribution in [1.82, 2.24) is 10.2 Å². The zero-order valence-corrected chi connectivity index (χ0v) is 13.2. The minimum Gasteiger partial charge on any atom is -0.444 e. The van der Waals surface area contributed by atoms with E-state index in [9.17, 15) is 4.79 Å². The van der Waals surface area contributed by atoms with Crippen LogP contribution in [-0.4, -0.2) is 47.6 Å². The maximum Gasteiger partial charge on any atom is 0.410 e. The van der Waals surface area contributed by atoms with Crippen molar-refractivity contribution in [3.63, 3.8) is 0 Å². The molecule has 1 N–H and O–H groups in total. The van der Waals surface area contributed by atoms with Crippen LogP contribution in [0.15, 0.2) is 4.99 Å². The van der Waals surface area contributed by atoms with Gasteiger partial charge in [-0.25, -0.2) is 4.79 Å². The maximum absolute atomic E-state index is 12.1. The van der Waals surface area contributed by atoms with E-state index in [-0.39, 0.29) is 11.6 Å². The predicted octanol–water partition coefficient (Wildman–Crippen LogP) is 2.56.